The molecule has 32 heavy (non-hydrogen) atoms. The fraction of sp³-hybridized carbons (Fsp3) is 0.440. The molecule has 2 aromatic heterocycles. The Labute approximate surface area is 188 Å². The molecule has 1 fully saturated rings. The van der Waals surface area contributed by atoms with Gasteiger partial charge in [0.05, 0.1) is 12.9 Å². The number of carbonyl (C=O) groups is 1. The van der Waals surface area contributed by atoms with E-state index in [1.165, 1.54) is 11.1 Å². The van der Waals surface area contributed by atoms with Gasteiger partial charge in [-0.1, -0.05) is 6.07 Å². The number of aryl methyl sites for hydroxylation is 1. The number of unbranched alkanes of at least 4 members (excludes halogenated alkanes) is 1. The summed E-state index contributed by atoms with van der Waals surface area (Å²) in [5, 5.41) is 4.03. The van der Waals surface area contributed by atoms with Crippen LogP contribution < -0.4 is 15.0 Å². The van der Waals surface area contributed by atoms with Gasteiger partial charge in [0.15, 0.2) is 0 Å². The summed E-state index contributed by atoms with van der Waals surface area (Å²) in [4.78, 5) is 21.0. The van der Waals surface area contributed by atoms with Gasteiger partial charge in [0.1, 0.15) is 11.4 Å². The van der Waals surface area contributed by atoms with Gasteiger partial charge < -0.3 is 24.3 Å². The van der Waals surface area contributed by atoms with Crippen molar-refractivity contribution in [2.45, 2.75) is 32.1 Å². The average Bonchev–Trinajstić information content (AvgIpc) is 3.17. The Morgan fingerprint density at radius 1 is 1.03 bits per heavy atom. The number of fused-ring (bicyclic) bond motifs is 2. The predicted molar refractivity (Wildman–Crippen MR) is 125 cm³/mol. The lowest BCUT2D eigenvalue weighted by atomic mass is 10.1. The van der Waals surface area contributed by atoms with Gasteiger partial charge in [0.2, 0.25) is 11.8 Å². The van der Waals surface area contributed by atoms with Gasteiger partial charge in [-0.2, -0.15) is 4.98 Å². The molecule has 7 heteroatoms. The van der Waals surface area contributed by atoms with E-state index in [0.29, 0.717) is 24.7 Å². The molecule has 1 aromatic carbocycles. The second-order valence-electron chi connectivity index (χ2n) is 8.55. The lowest BCUT2D eigenvalue weighted by Gasteiger charge is -2.24. The van der Waals surface area contributed by atoms with E-state index < -0.39 is 0 Å². The summed E-state index contributed by atoms with van der Waals surface area (Å²) in [6.07, 6.45) is 6.30. The summed E-state index contributed by atoms with van der Waals surface area (Å²) in [6, 6.07) is 12.3. The van der Waals surface area contributed by atoms with Gasteiger partial charge in [0.25, 0.3) is 0 Å². The van der Waals surface area contributed by atoms with Crippen molar-refractivity contribution in [1.29, 1.82) is 0 Å². The Morgan fingerprint density at radius 2 is 2.00 bits per heavy atom. The Kier molecular flexibility index (Phi) is 6.25. The van der Waals surface area contributed by atoms with Crippen molar-refractivity contribution < 1.29 is 13.9 Å². The normalized spacial score (nSPS) is 17.1. The van der Waals surface area contributed by atoms with Crippen molar-refractivity contribution in [1.82, 2.24) is 9.88 Å². The molecule has 1 amide bonds. The summed E-state index contributed by atoms with van der Waals surface area (Å²) in [7, 11) is 0. The largest absolute Gasteiger partial charge is 0.478 e. The van der Waals surface area contributed by atoms with E-state index in [2.05, 4.69) is 38.3 Å². The molecular formula is C25H30N4O3. The number of hydrogen-bond donors (Lipinski definition) is 1. The molecule has 168 valence electrons. The monoisotopic (exact) mass is 434 g/mol. The molecule has 4 heterocycles. The zero-order valence-electron chi connectivity index (χ0n) is 18.4. The molecule has 1 saturated heterocycles. The second kappa shape index (κ2) is 9.61. The minimum Gasteiger partial charge on any atom is -0.478 e. The van der Waals surface area contributed by atoms with Crippen LogP contribution in [0.4, 0.5) is 11.5 Å². The summed E-state index contributed by atoms with van der Waals surface area (Å²) < 4.78 is 11.4. The van der Waals surface area contributed by atoms with E-state index in [-0.39, 0.29) is 5.91 Å². The number of rotatable bonds is 7. The van der Waals surface area contributed by atoms with Crippen LogP contribution in [0.3, 0.4) is 0 Å². The van der Waals surface area contributed by atoms with E-state index in [0.717, 1.165) is 69.6 Å². The summed E-state index contributed by atoms with van der Waals surface area (Å²) in [6.45, 7) is 6.03. The Balaban J connectivity index is 1.06. The Bertz CT molecular complexity index is 1080. The maximum atomic E-state index is 11.6. The van der Waals surface area contributed by atoms with Crippen molar-refractivity contribution in [3.63, 3.8) is 0 Å². The highest BCUT2D eigenvalue weighted by molar-refractivity contribution is 5.93. The number of nitrogens with zero attached hydrogens (tertiary/aromatic N) is 3. The fourth-order valence-electron chi connectivity index (χ4n) is 4.61. The van der Waals surface area contributed by atoms with Crippen molar-refractivity contribution in [3.05, 3.63) is 48.2 Å². The van der Waals surface area contributed by atoms with Gasteiger partial charge in [-0.05, 0) is 68.6 Å². The molecule has 0 unspecified atom stereocenters. The number of furan rings is 1. The van der Waals surface area contributed by atoms with Gasteiger partial charge in [-0.25, -0.2) is 0 Å². The van der Waals surface area contributed by atoms with E-state index in [1.54, 1.807) is 6.26 Å². The molecule has 0 bridgehead atoms. The average molecular weight is 435 g/mol. The summed E-state index contributed by atoms with van der Waals surface area (Å²) >= 11 is 0. The molecule has 5 rings (SSSR count). The highest BCUT2D eigenvalue weighted by atomic mass is 16.5. The number of anilines is 2. The molecule has 2 aliphatic heterocycles. The first kappa shape index (κ1) is 20.8. The first-order chi connectivity index (χ1) is 15.8. The van der Waals surface area contributed by atoms with Crippen LogP contribution in [0.15, 0.2) is 47.1 Å². The first-order valence-electron chi connectivity index (χ1n) is 11.6. The highest BCUT2D eigenvalue weighted by Crippen LogP contribution is 2.28. The van der Waals surface area contributed by atoms with Crippen LogP contribution in [-0.2, 0) is 11.2 Å². The molecular weight excluding hydrogens is 404 g/mol. The third-order valence-corrected chi connectivity index (χ3v) is 6.35. The number of amides is 1. The molecule has 0 spiro atoms. The standard InChI is InChI=1S/C25H30N4O3/c30-23-9-7-19-8-10-24(27-25(19)26-23)32-17-2-1-12-28-13-4-14-29(16-15-28)21-5-3-6-22-20(21)11-18-31-22/h3,5-6,8,10-11,18H,1-2,4,7,9,12-17H2,(H,26,27,30). The lowest BCUT2D eigenvalue weighted by molar-refractivity contribution is -0.116. The molecule has 3 aromatic rings. The summed E-state index contributed by atoms with van der Waals surface area (Å²) in [5.41, 5.74) is 3.32. The Morgan fingerprint density at radius 3 is 2.97 bits per heavy atom. The molecule has 0 atom stereocenters. The van der Waals surface area contributed by atoms with Crippen LogP contribution in [0.1, 0.15) is 31.2 Å². The minimum atomic E-state index is 0.0274. The van der Waals surface area contributed by atoms with Crippen LogP contribution in [0.25, 0.3) is 11.0 Å². The topological polar surface area (TPSA) is 70.8 Å². The maximum absolute atomic E-state index is 11.6. The third-order valence-electron chi connectivity index (χ3n) is 6.35. The number of aromatic nitrogens is 1. The van der Waals surface area contributed by atoms with Crippen LogP contribution in [0, 0.1) is 0 Å². The molecule has 1 N–H and O–H groups in total. The maximum Gasteiger partial charge on any atom is 0.225 e. The number of pyridine rings is 1. The Hall–Kier alpha value is -3.06. The predicted octanol–water partition coefficient (Wildman–Crippen LogP) is 4.08. The van der Waals surface area contributed by atoms with E-state index in [1.807, 2.05) is 18.2 Å². The zero-order valence-corrected chi connectivity index (χ0v) is 18.4. The highest BCUT2D eigenvalue weighted by Gasteiger charge is 2.18. The van der Waals surface area contributed by atoms with E-state index in [4.69, 9.17) is 9.15 Å². The van der Waals surface area contributed by atoms with Crippen molar-refractivity contribution in [2.75, 3.05) is 49.5 Å². The van der Waals surface area contributed by atoms with E-state index >= 15 is 0 Å². The molecule has 2 aliphatic rings. The van der Waals surface area contributed by atoms with Crippen LogP contribution in [-0.4, -0.2) is 55.1 Å². The van der Waals surface area contributed by atoms with Gasteiger partial charge in [-0.15, -0.1) is 0 Å². The van der Waals surface area contributed by atoms with Crippen LogP contribution in [0.2, 0.25) is 0 Å². The first-order valence-corrected chi connectivity index (χ1v) is 11.6. The van der Waals surface area contributed by atoms with Crippen LogP contribution in [0.5, 0.6) is 5.88 Å². The number of hydrogen-bond acceptors (Lipinski definition) is 6. The molecule has 7 nitrogen and oxygen atoms in total. The number of nitrogens with one attached hydrogen (secondary N) is 1. The van der Waals surface area contributed by atoms with Gasteiger partial charge in [0, 0.05) is 43.2 Å². The fourth-order valence-corrected chi connectivity index (χ4v) is 4.61. The number of ether oxygens (including phenoxy) is 1. The lowest BCUT2D eigenvalue weighted by Crippen LogP contribution is -2.31. The molecule has 0 radical (unpaired) electrons. The van der Waals surface area contributed by atoms with E-state index in [9.17, 15) is 4.79 Å². The molecule has 0 aliphatic carbocycles. The van der Waals surface area contributed by atoms with Gasteiger partial charge >= 0.3 is 0 Å². The van der Waals surface area contributed by atoms with Crippen LogP contribution >= 0.6 is 0 Å². The van der Waals surface area contributed by atoms with Crippen molar-refractivity contribution in [3.8, 4) is 5.88 Å². The third kappa shape index (κ3) is 4.72. The van der Waals surface area contributed by atoms with Crippen molar-refractivity contribution >= 4 is 28.4 Å². The quantitative estimate of drug-likeness (QED) is 0.565. The van der Waals surface area contributed by atoms with Crippen molar-refractivity contribution in [2.24, 2.45) is 0 Å². The minimum absolute atomic E-state index is 0.0274. The number of carbonyl (C=O) groups excluding carboxylic acids is 1. The zero-order chi connectivity index (χ0) is 21.8. The number of benzene rings is 1. The smallest absolute Gasteiger partial charge is 0.225 e. The summed E-state index contributed by atoms with van der Waals surface area (Å²) in [5.74, 6) is 1.27. The van der Waals surface area contributed by atoms with Gasteiger partial charge in [-0.3, -0.25) is 4.79 Å². The second-order valence-corrected chi connectivity index (χ2v) is 8.55. The molecule has 0 saturated carbocycles. The SMILES string of the molecule is O=C1CCc2ccc(OCCCCN3CCCN(c4cccc5occc45)CC3)nc2N1.